The summed E-state index contributed by atoms with van der Waals surface area (Å²) in [5.74, 6) is 0. The fourth-order valence-corrected chi connectivity index (χ4v) is 10.2. The van der Waals surface area contributed by atoms with Crippen molar-refractivity contribution in [3.05, 3.63) is 30.6 Å². The van der Waals surface area contributed by atoms with Crippen LogP contribution in [-0.4, -0.2) is 56.7 Å². The van der Waals surface area contributed by atoms with Gasteiger partial charge >= 0.3 is 22.8 Å². The molecule has 2 N–H and O–H groups in total. The molecule has 140 valence electrons. The normalized spacial score (nSPS) is 34.2. The van der Waals surface area contributed by atoms with Crippen LogP contribution < -0.4 is 11.2 Å². The van der Waals surface area contributed by atoms with Crippen LogP contribution in [-0.2, 0) is 17.7 Å². The van der Waals surface area contributed by atoms with Crippen molar-refractivity contribution in [3.8, 4) is 0 Å². The minimum atomic E-state index is -2.55. The molecule has 3 heterocycles. The van der Waals surface area contributed by atoms with Crippen molar-refractivity contribution in [2.24, 2.45) is 0 Å². The molecule has 0 aliphatic carbocycles. The highest BCUT2D eigenvalue weighted by Gasteiger charge is 2.52. The Labute approximate surface area is 159 Å². The summed E-state index contributed by atoms with van der Waals surface area (Å²) in [5.41, 5.74) is -1.12. The maximum atomic E-state index is 12.1. The van der Waals surface area contributed by atoms with Gasteiger partial charge in [-0.2, -0.15) is 0 Å². The van der Waals surface area contributed by atoms with Gasteiger partial charge in [0.15, 0.2) is 6.23 Å². The summed E-state index contributed by atoms with van der Waals surface area (Å²) in [6.07, 6.45) is -1.89. The summed E-state index contributed by atoms with van der Waals surface area (Å²) in [6, 6.07) is 0. The van der Waals surface area contributed by atoms with E-state index in [4.69, 9.17) is 17.7 Å². The molecule has 1 aromatic rings. The average molecular weight is 500 g/mol. The van der Waals surface area contributed by atoms with Gasteiger partial charge in [0, 0.05) is 6.20 Å². The largest absolute Gasteiger partial charge is 0.415 e. The maximum Gasteiger partial charge on any atom is 0.330 e. The van der Waals surface area contributed by atoms with Crippen molar-refractivity contribution in [1.82, 2.24) is 9.55 Å². The third-order valence-corrected chi connectivity index (χ3v) is 10.4. The lowest BCUT2D eigenvalue weighted by atomic mass is 10.1. The van der Waals surface area contributed by atoms with Gasteiger partial charge < -0.3 is 22.8 Å². The zero-order valence-corrected chi connectivity index (χ0v) is 18.5. The van der Waals surface area contributed by atoms with E-state index >= 15 is 0 Å². The zero-order valence-electron chi connectivity index (χ0n) is 14.3. The van der Waals surface area contributed by atoms with Crippen LogP contribution in [0.15, 0.2) is 15.8 Å². The number of fused-ring (bicyclic) bond motifs is 1. The molecule has 0 radical (unpaired) electrons. The number of aliphatic hydroxyl groups is 1. The molecule has 2 fully saturated rings. The van der Waals surface area contributed by atoms with Crippen LogP contribution in [0.25, 0.3) is 0 Å². The van der Waals surface area contributed by atoms with Crippen LogP contribution in [0.4, 0.5) is 0 Å². The van der Waals surface area contributed by atoms with E-state index in [1.165, 1.54) is 10.8 Å². The Balaban J connectivity index is 1.94. The predicted octanol–water partition coefficient (Wildman–Crippen LogP) is 0.235. The lowest BCUT2D eigenvalue weighted by molar-refractivity contribution is -0.0574. The molecule has 1 unspecified atom stereocenters. The summed E-state index contributed by atoms with van der Waals surface area (Å²) in [4.78, 5) is 25.9. The molecule has 4 atom stereocenters. The second kappa shape index (κ2) is 6.67. The smallest absolute Gasteiger partial charge is 0.330 e. The molecule has 0 saturated carbocycles. The molecule has 0 aromatic carbocycles. The Morgan fingerprint density at radius 2 is 1.96 bits per heavy atom. The van der Waals surface area contributed by atoms with Gasteiger partial charge in [-0.05, 0) is 48.8 Å². The number of hydrogen-bond acceptors (Lipinski definition) is 7. The SMILES string of the molecule is C[Si]1(C)OC[C@@H]2O[C@@H](n3cc(I)c(=O)[nH]c3=O)C(O)[C@H]2O[Si](C)(C)O1. The van der Waals surface area contributed by atoms with Gasteiger partial charge in [0.05, 0.1) is 10.2 Å². The first kappa shape index (κ1) is 19.4. The van der Waals surface area contributed by atoms with Crippen molar-refractivity contribution in [2.75, 3.05) is 6.61 Å². The highest BCUT2D eigenvalue weighted by atomic mass is 127. The molecular weight excluding hydrogens is 479 g/mol. The van der Waals surface area contributed by atoms with E-state index in [2.05, 4.69) is 4.98 Å². The molecule has 9 nitrogen and oxygen atoms in total. The lowest BCUT2D eigenvalue weighted by Crippen LogP contribution is -2.56. The lowest BCUT2D eigenvalue weighted by Gasteiger charge is -2.39. The standard InChI is InChI=1S/C13H21IN2O7Si2/c1-24(2)20-6-8-10(22-25(3,4)23-24)9(17)12(21-8)16-5-7(14)11(18)15-13(16)19/h5,8-10,12,17H,6H2,1-4H3,(H,15,18,19)/t8-,9?,10-,12+/m0/s1. The molecule has 1 aromatic heterocycles. The monoisotopic (exact) mass is 500 g/mol. The molecule has 2 aliphatic heterocycles. The van der Waals surface area contributed by atoms with Crippen molar-refractivity contribution in [3.63, 3.8) is 0 Å². The summed E-state index contributed by atoms with van der Waals surface area (Å²) < 4.78 is 25.5. The Morgan fingerprint density at radius 3 is 2.64 bits per heavy atom. The average Bonchev–Trinajstić information content (AvgIpc) is 2.75. The highest BCUT2D eigenvalue weighted by molar-refractivity contribution is 14.1. The molecular formula is C13H21IN2O7Si2. The molecule has 3 rings (SSSR count). The number of halogens is 1. The fraction of sp³-hybridized carbons (Fsp3) is 0.692. The molecule has 2 aliphatic rings. The van der Waals surface area contributed by atoms with Crippen LogP contribution in [0.5, 0.6) is 0 Å². The number of aromatic amines is 1. The Kier molecular flexibility index (Phi) is 5.18. The fourth-order valence-electron chi connectivity index (χ4n) is 3.13. The minimum Gasteiger partial charge on any atom is -0.415 e. The first-order chi connectivity index (χ1) is 11.5. The van der Waals surface area contributed by atoms with E-state index in [0.717, 1.165) is 0 Å². The van der Waals surface area contributed by atoms with Gasteiger partial charge in [-0.1, -0.05) is 0 Å². The first-order valence-corrected chi connectivity index (χ1v) is 14.6. The molecule has 0 spiro atoms. The Morgan fingerprint density at radius 1 is 1.28 bits per heavy atom. The number of aromatic nitrogens is 2. The van der Waals surface area contributed by atoms with Gasteiger partial charge in [-0.15, -0.1) is 0 Å². The number of nitrogens with zero attached hydrogens (tertiary/aromatic N) is 1. The number of hydrogen-bond donors (Lipinski definition) is 2. The van der Waals surface area contributed by atoms with E-state index in [1.54, 1.807) is 0 Å². The summed E-state index contributed by atoms with van der Waals surface area (Å²) >= 11 is 1.82. The van der Waals surface area contributed by atoms with Crippen molar-refractivity contribution in [1.29, 1.82) is 0 Å². The van der Waals surface area contributed by atoms with Gasteiger partial charge in [0.1, 0.15) is 18.3 Å². The minimum absolute atomic E-state index is 0.205. The third-order valence-electron chi connectivity index (χ3n) is 4.01. The summed E-state index contributed by atoms with van der Waals surface area (Å²) in [5, 5.41) is 10.7. The van der Waals surface area contributed by atoms with E-state index in [9.17, 15) is 14.7 Å². The topological polar surface area (TPSA) is 112 Å². The molecule has 2 saturated heterocycles. The Hall–Kier alpha value is -0.356. The number of rotatable bonds is 1. The van der Waals surface area contributed by atoms with Crippen LogP contribution in [0.2, 0.25) is 26.2 Å². The van der Waals surface area contributed by atoms with Crippen molar-refractivity contribution >= 4 is 39.7 Å². The van der Waals surface area contributed by atoms with Gasteiger partial charge in [0.2, 0.25) is 0 Å². The second-order valence-corrected chi connectivity index (χ2v) is 15.1. The van der Waals surface area contributed by atoms with Crippen molar-refractivity contribution < 1.29 is 22.8 Å². The van der Waals surface area contributed by atoms with Crippen LogP contribution >= 0.6 is 22.6 Å². The number of ether oxygens (including phenoxy) is 1. The molecule has 0 amide bonds. The molecule has 12 heteroatoms. The predicted molar refractivity (Wildman–Crippen MR) is 101 cm³/mol. The first-order valence-electron chi connectivity index (χ1n) is 7.85. The number of aliphatic hydroxyl groups excluding tert-OH is 1. The van der Waals surface area contributed by atoms with Crippen LogP contribution in [0.1, 0.15) is 6.23 Å². The van der Waals surface area contributed by atoms with Gasteiger partial charge in [0.25, 0.3) is 5.56 Å². The van der Waals surface area contributed by atoms with Gasteiger partial charge in [-0.25, -0.2) is 4.79 Å². The summed E-state index contributed by atoms with van der Waals surface area (Å²) in [6.45, 7) is 7.86. The van der Waals surface area contributed by atoms with Crippen LogP contribution in [0.3, 0.4) is 0 Å². The molecule has 0 bridgehead atoms. The van der Waals surface area contributed by atoms with Gasteiger partial charge in [-0.3, -0.25) is 14.3 Å². The quantitative estimate of drug-likeness (QED) is 0.420. The van der Waals surface area contributed by atoms with E-state index < -0.39 is 52.9 Å². The van der Waals surface area contributed by atoms with Crippen molar-refractivity contribution in [2.45, 2.75) is 50.7 Å². The Bertz CT molecular complexity index is 780. The second-order valence-electron chi connectivity index (χ2n) is 6.99. The maximum absolute atomic E-state index is 12.1. The van der Waals surface area contributed by atoms with E-state index in [0.29, 0.717) is 3.57 Å². The van der Waals surface area contributed by atoms with E-state index in [1.807, 2.05) is 48.8 Å². The van der Waals surface area contributed by atoms with E-state index in [-0.39, 0.29) is 6.61 Å². The third kappa shape index (κ3) is 4.00. The summed E-state index contributed by atoms with van der Waals surface area (Å²) in [7, 11) is -4.91. The highest BCUT2D eigenvalue weighted by Crippen LogP contribution is 2.35. The molecule has 25 heavy (non-hydrogen) atoms. The number of nitrogens with one attached hydrogen (secondary N) is 1. The number of H-pyrrole nitrogens is 1. The zero-order chi connectivity index (χ0) is 18.6. The van der Waals surface area contributed by atoms with Crippen LogP contribution in [0, 0.1) is 3.57 Å².